The van der Waals surface area contributed by atoms with Gasteiger partial charge in [0.1, 0.15) is 18.0 Å². The number of rotatable bonds is 22. The van der Waals surface area contributed by atoms with Crippen LogP contribution in [-0.2, 0) is 19.0 Å². The van der Waals surface area contributed by atoms with E-state index in [-0.39, 0.29) is 37.6 Å². The third-order valence-corrected chi connectivity index (χ3v) is 5.77. The average Bonchev–Trinajstić information content (AvgIpc) is 2.93. The van der Waals surface area contributed by atoms with Crippen molar-refractivity contribution < 1.29 is 39.1 Å². The summed E-state index contributed by atoms with van der Waals surface area (Å²) in [6.07, 6.45) is 8.76. The van der Waals surface area contributed by atoms with Crippen LogP contribution in [0, 0.1) is 0 Å². The molecule has 0 saturated heterocycles. The monoisotopic (exact) mass is 540 g/mol. The smallest absolute Gasteiger partial charge is 0.327 e. The first-order valence-electron chi connectivity index (χ1n) is 13.9. The van der Waals surface area contributed by atoms with Gasteiger partial charge in [0, 0.05) is 6.08 Å². The van der Waals surface area contributed by atoms with E-state index in [0.717, 1.165) is 31.1 Å². The number of aliphatic carboxylic acids is 1. The van der Waals surface area contributed by atoms with E-state index in [9.17, 15) is 9.90 Å². The fourth-order valence-corrected chi connectivity index (χ4v) is 3.42. The van der Waals surface area contributed by atoms with Gasteiger partial charge in [-0.3, -0.25) is 0 Å². The van der Waals surface area contributed by atoms with Crippen LogP contribution in [0.15, 0.2) is 43.0 Å². The molecule has 0 aliphatic heterocycles. The number of carboxylic acid groups (broad SMARTS) is 1. The number of carboxylic acids is 1. The Labute approximate surface area is 230 Å². The second-order valence-corrected chi connectivity index (χ2v) is 9.60. The van der Waals surface area contributed by atoms with Gasteiger partial charge in [-0.05, 0) is 45.7 Å². The van der Waals surface area contributed by atoms with Crippen molar-refractivity contribution in [3.05, 3.63) is 43.0 Å². The maximum absolute atomic E-state index is 10.8. The van der Waals surface area contributed by atoms with Crippen LogP contribution >= 0.6 is 0 Å². The van der Waals surface area contributed by atoms with Gasteiger partial charge in [-0.15, -0.1) is 0 Å². The number of para-hydroxylation sites is 1. The normalized spacial score (nSPS) is 14.9. The van der Waals surface area contributed by atoms with Gasteiger partial charge in [0.05, 0.1) is 44.7 Å². The molecule has 0 bridgehead atoms. The highest BCUT2D eigenvalue weighted by Crippen LogP contribution is 2.18. The topological polar surface area (TPSA) is 115 Å². The van der Waals surface area contributed by atoms with Gasteiger partial charge < -0.3 is 34.3 Å². The van der Waals surface area contributed by atoms with Crippen molar-refractivity contribution in [2.75, 3.05) is 26.4 Å². The van der Waals surface area contributed by atoms with Gasteiger partial charge in [-0.2, -0.15) is 0 Å². The summed E-state index contributed by atoms with van der Waals surface area (Å²) < 4.78 is 23.2. The zero-order valence-electron chi connectivity index (χ0n) is 23.9. The van der Waals surface area contributed by atoms with Crippen molar-refractivity contribution in [2.24, 2.45) is 0 Å². The van der Waals surface area contributed by atoms with Crippen LogP contribution in [-0.4, -0.2) is 78.2 Å². The summed E-state index contributed by atoms with van der Waals surface area (Å²) in [5.74, 6) is -0.211. The second kappa shape index (κ2) is 24.1. The molecule has 0 aliphatic carbocycles. The number of aliphatic hydroxyl groups is 2. The van der Waals surface area contributed by atoms with Gasteiger partial charge in [0.2, 0.25) is 0 Å². The number of unbranched alkanes of at least 4 members (excludes halogenated alkanes) is 6. The van der Waals surface area contributed by atoms with E-state index in [2.05, 4.69) is 13.5 Å². The van der Waals surface area contributed by atoms with Crippen LogP contribution in [0.4, 0.5) is 0 Å². The fraction of sp³-hybridized carbons (Fsp3) is 0.700. The molecular formula is C30H52O8. The molecule has 0 fully saturated rings. The third kappa shape index (κ3) is 21.0. The number of carbonyl (C=O) groups is 1. The van der Waals surface area contributed by atoms with Crippen LogP contribution in [0.1, 0.15) is 79.1 Å². The summed E-state index contributed by atoms with van der Waals surface area (Å²) in [7, 11) is 0. The third-order valence-electron chi connectivity index (χ3n) is 5.77. The quantitative estimate of drug-likeness (QED) is 0.132. The zero-order chi connectivity index (χ0) is 28.6. The van der Waals surface area contributed by atoms with E-state index >= 15 is 0 Å². The highest BCUT2D eigenvalue weighted by atomic mass is 16.6. The Bertz CT molecular complexity index is 684. The SMILES string of the molecule is C=CC(=O)O.CCCCCCCCCC(Oc1ccccc1)C(O)COC(C)COC(C)COC(C)CO. The van der Waals surface area contributed by atoms with Crippen LogP contribution in [0.5, 0.6) is 5.75 Å². The lowest BCUT2D eigenvalue weighted by atomic mass is 10.0. The number of aliphatic hydroxyl groups excluding tert-OH is 2. The molecule has 0 saturated carbocycles. The summed E-state index contributed by atoms with van der Waals surface area (Å²) in [5.41, 5.74) is 0. The van der Waals surface area contributed by atoms with E-state index in [0.29, 0.717) is 13.2 Å². The van der Waals surface area contributed by atoms with Gasteiger partial charge in [0.15, 0.2) is 0 Å². The minimum absolute atomic E-state index is 0.00476. The molecule has 0 aliphatic rings. The summed E-state index contributed by atoms with van der Waals surface area (Å²) in [6.45, 7) is 11.9. The van der Waals surface area contributed by atoms with Crippen molar-refractivity contribution in [3.8, 4) is 5.75 Å². The second-order valence-electron chi connectivity index (χ2n) is 9.60. The molecule has 8 nitrogen and oxygen atoms in total. The summed E-state index contributed by atoms with van der Waals surface area (Å²) in [5, 5.41) is 27.4. The molecule has 5 atom stereocenters. The van der Waals surface area contributed by atoms with E-state index in [1.807, 2.05) is 51.1 Å². The van der Waals surface area contributed by atoms with Gasteiger partial charge in [-0.1, -0.05) is 70.2 Å². The summed E-state index contributed by atoms with van der Waals surface area (Å²) in [4.78, 5) is 9.25. The average molecular weight is 541 g/mol. The van der Waals surface area contributed by atoms with Gasteiger partial charge >= 0.3 is 5.97 Å². The molecule has 0 radical (unpaired) electrons. The largest absolute Gasteiger partial charge is 0.488 e. The molecule has 1 aromatic carbocycles. The molecular weight excluding hydrogens is 488 g/mol. The Morgan fingerprint density at radius 2 is 1.37 bits per heavy atom. The molecule has 1 aromatic rings. The molecule has 5 unspecified atom stereocenters. The molecule has 38 heavy (non-hydrogen) atoms. The molecule has 1 rings (SSSR count). The maximum Gasteiger partial charge on any atom is 0.327 e. The predicted molar refractivity (Wildman–Crippen MR) is 151 cm³/mol. The molecule has 220 valence electrons. The van der Waals surface area contributed by atoms with Crippen molar-refractivity contribution in [1.82, 2.24) is 0 Å². The Balaban J connectivity index is 0.00000249. The zero-order valence-corrected chi connectivity index (χ0v) is 23.9. The van der Waals surface area contributed by atoms with Crippen LogP contribution in [0.25, 0.3) is 0 Å². The van der Waals surface area contributed by atoms with Gasteiger partial charge in [-0.25, -0.2) is 4.79 Å². The van der Waals surface area contributed by atoms with Crippen molar-refractivity contribution >= 4 is 5.97 Å². The standard InChI is InChI=1S/C27H48O6.C3H4O2/c1-5-6-7-8-9-10-14-17-27(33-25-15-12-11-13-16-25)26(29)21-32-24(4)20-31-23(3)19-30-22(2)18-28;1-2-3(4)5/h11-13,15-16,22-24,26-29H,5-10,14,17-21H2,1-4H3;2H,1H2,(H,4,5). The lowest BCUT2D eigenvalue weighted by molar-refractivity contribution is -0.131. The number of hydrogen-bond donors (Lipinski definition) is 3. The Hall–Kier alpha value is -1.97. The van der Waals surface area contributed by atoms with Gasteiger partial charge in [0.25, 0.3) is 0 Å². The molecule has 8 heteroatoms. The minimum atomic E-state index is -0.981. The lowest BCUT2D eigenvalue weighted by Crippen LogP contribution is -2.37. The van der Waals surface area contributed by atoms with E-state index in [4.69, 9.17) is 29.2 Å². The Morgan fingerprint density at radius 1 is 0.868 bits per heavy atom. The molecule has 0 amide bonds. The molecule has 3 N–H and O–H groups in total. The van der Waals surface area contributed by atoms with Crippen LogP contribution in [0.2, 0.25) is 0 Å². The van der Waals surface area contributed by atoms with Crippen molar-refractivity contribution in [2.45, 2.75) is 110 Å². The van der Waals surface area contributed by atoms with E-state index in [1.165, 1.54) is 32.1 Å². The number of hydrogen-bond acceptors (Lipinski definition) is 7. The predicted octanol–water partition coefficient (Wildman–Crippen LogP) is 5.40. The van der Waals surface area contributed by atoms with Crippen molar-refractivity contribution in [1.29, 1.82) is 0 Å². The number of benzene rings is 1. The first-order valence-corrected chi connectivity index (χ1v) is 13.9. The van der Waals surface area contributed by atoms with E-state index in [1.54, 1.807) is 0 Å². The first-order chi connectivity index (χ1) is 18.2. The molecule has 0 heterocycles. The molecule has 0 spiro atoms. The fourth-order valence-electron chi connectivity index (χ4n) is 3.42. The minimum Gasteiger partial charge on any atom is -0.488 e. The molecule has 0 aromatic heterocycles. The first kappa shape index (κ1) is 36.0. The van der Waals surface area contributed by atoms with Crippen LogP contribution in [0.3, 0.4) is 0 Å². The lowest BCUT2D eigenvalue weighted by Gasteiger charge is -2.26. The Morgan fingerprint density at radius 3 is 1.89 bits per heavy atom. The van der Waals surface area contributed by atoms with Crippen LogP contribution < -0.4 is 4.74 Å². The number of ether oxygens (including phenoxy) is 4. The highest BCUT2D eigenvalue weighted by Gasteiger charge is 2.22. The summed E-state index contributed by atoms with van der Waals surface area (Å²) >= 11 is 0. The highest BCUT2D eigenvalue weighted by molar-refractivity contribution is 5.78. The maximum atomic E-state index is 10.8. The summed E-state index contributed by atoms with van der Waals surface area (Å²) in [6, 6.07) is 9.67. The van der Waals surface area contributed by atoms with Crippen molar-refractivity contribution in [3.63, 3.8) is 0 Å². The Kier molecular flexibility index (Phi) is 22.8. The van der Waals surface area contributed by atoms with E-state index < -0.39 is 12.1 Å².